The van der Waals surface area contributed by atoms with E-state index in [2.05, 4.69) is 12.6 Å². The molecule has 0 saturated carbocycles. The molecule has 78 valence electrons. The van der Waals surface area contributed by atoms with Gasteiger partial charge in [0.25, 0.3) is 0 Å². The van der Waals surface area contributed by atoms with Gasteiger partial charge in [-0.25, -0.2) is 0 Å². The van der Waals surface area contributed by atoms with E-state index in [-0.39, 0.29) is 5.25 Å². The molecule has 0 amide bonds. The summed E-state index contributed by atoms with van der Waals surface area (Å²) in [6.45, 7) is 1.90. The van der Waals surface area contributed by atoms with E-state index in [0.29, 0.717) is 6.42 Å². The second kappa shape index (κ2) is 4.26. The van der Waals surface area contributed by atoms with Crippen molar-refractivity contribution in [1.82, 2.24) is 0 Å². The Kier molecular flexibility index (Phi) is 3.48. The first-order chi connectivity index (χ1) is 6.39. The van der Waals surface area contributed by atoms with E-state index in [4.69, 9.17) is 0 Å². The average molecular weight is 220 g/mol. The highest BCUT2D eigenvalue weighted by Crippen LogP contribution is 2.29. The van der Waals surface area contributed by atoms with Gasteiger partial charge in [0.15, 0.2) is 0 Å². The standard InChI is InChI=1S/C10H11F3S/c1-7(14)6-8-2-4-9(5-3-8)10(11,12)13/h2-5,7,14H,6H2,1H3. The van der Waals surface area contributed by atoms with Crippen LogP contribution in [-0.4, -0.2) is 5.25 Å². The van der Waals surface area contributed by atoms with Crippen LogP contribution < -0.4 is 0 Å². The second-order valence-electron chi connectivity index (χ2n) is 3.25. The number of rotatable bonds is 2. The van der Waals surface area contributed by atoms with Crippen molar-refractivity contribution in [1.29, 1.82) is 0 Å². The number of halogens is 3. The van der Waals surface area contributed by atoms with Gasteiger partial charge in [-0.1, -0.05) is 19.1 Å². The molecule has 1 rings (SSSR count). The fourth-order valence-corrected chi connectivity index (χ4v) is 1.38. The van der Waals surface area contributed by atoms with Crippen molar-refractivity contribution in [3.8, 4) is 0 Å². The van der Waals surface area contributed by atoms with Crippen molar-refractivity contribution in [2.75, 3.05) is 0 Å². The van der Waals surface area contributed by atoms with E-state index in [9.17, 15) is 13.2 Å². The van der Waals surface area contributed by atoms with Crippen LogP contribution in [0.15, 0.2) is 24.3 Å². The Morgan fingerprint density at radius 1 is 1.21 bits per heavy atom. The third-order valence-electron chi connectivity index (χ3n) is 1.81. The van der Waals surface area contributed by atoms with Gasteiger partial charge in [-0.15, -0.1) is 0 Å². The summed E-state index contributed by atoms with van der Waals surface area (Å²) in [7, 11) is 0. The lowest BCUT2D eigenvalue weighted by Gasteiger charge is -2.08. The number of hydrogen-bond acceptors (Lipinski definition) is 1. The van der Waals surface area contributed by atoms with Crippen LogP contribution in [-0.2, 0) is 12.6 Å². The highest BCUT2D eigenvalue weighted by atomic mass is 32.1. The van der Waals surface area contributed by atoms with E-state index in [0.717, 1.165) is 17.7 Å². The minimum absolute atomic E-state index is 0.159. The molecule has 0 nitrogen and oxygen atoms in total. The molecule has 14 heavy (non-hydrogen) atoms. The normalized spacial score (nSPS) is 14.1. The molecule has 0 saturated heterocycles. The van der Waals surface area contributed by atoms with E-state index in [1.165, 1.54) is 12.1 Å². The van der Waals surface area contributed by atoms with Gasteiger partial charge in [-0.05, 0) is 24.1 Å². The number of alkyl halides is 3. The molecule has 4 heteroatoms. The third kappa shape index (κ3) is 3.25. The summed E-state index contributed by atoms with van der Waals surface area (Å²) in [6, 6.07) is 5.20. The van der Waals surface area contributed by atoms with Crippen LogP contribution in [0.1, 0.15) is 18.1 Å². The minimum atomic E-state index is -4.24. The van der Waals surface area contributed by atoms with Crippen molar-refractivity contribution in [3.05, 3.63) is 35.4 Å². The zero-order valence-electron chi connectivity index (χ0n) is 7.67. The van der Waals surface area contributed by atoms with Crippen LogP contribution >= 0.6 is 12.6 Å². The topological polar surface area (TPSA) is 0 Å². The van der Waals surface area contributed by atoms with Gasteiger partial charge in [-0.2, -0.15) is 25.8 Å². The Hall–Kier alpha value is -0.640. The first kappa shape index (κ1) is 11.4. The van der Waals surface area contributed by atoms with Gasteiger partial charge >= 0.3 is 6.18 Å². The Morgan fingerprint density at radius 2 is 1.71 bits per heavy atom. The quantitative estimate of drug-likeness (QED) is 0.724. The first-order valence-corrected chi connectivity index (χ1v) is 4.75. The summed E-state index contributed by atoms with van der Waals surface area (Å²) in [5.41, 5.74) is 0.272. The summed E-state index contributed by atoms with van der Waals surface area (Å²) in [5.74, 6) is 0. The molecule has 1 aromatic carbocycles. The summed E-state index contributed by atoms with van der Waals surface area (Å²) in [5, 5.41) is 0.159. The lowest BCUT2D eigenvalue weighted by Crippen LogP contribution is -2.05. The minimum Gasteiger partial charge on any atom is -0.176 e. The van der Waals surface area contributed by atoms with E-state index in [1.54, 1.807) is 0 Å². The molecule has 0 aromatic heterocycles. The zero-order valence-corrected chi connectivity index (χ0v) is 8.57. The largest absolute Gasteiger partial charge is 0.416 e. The van der Waals surface area contributed by atoms with Crippen molar-refractivity contribution in [3.63, 3.8) is 0 Å². The lowest BCUT2D eigenvalue weighted by atomic mass is 10.1. The molecule has 0 N–H and O–H groups in total. The monoisotopic (exact) mass is 220 g/mol. The van der Waals surface area contributed by atoms with Crippen molar-refractivity contribution >= 4 is 12.6 Å². The molecule has 0 aliphatic carbocycles. The summed E-state index contributed by atoms with van der Waals surface area (Å²) in [6.07, 6.45) is -3.56. The van der Waals surface area contributed by atoms with Crippen LogP contribution in [0.5, 0.6) is 0 Å². The first-order valence-electron chi connectivity index (χ1n) is 4.24. The predicted octanol–water partition coefficient (Wildman–Crippen LogP) is 3.57. The predicted molar refractivity (Wildman–Crippen MR) is 53.6 cm³/mol. The van der Waals surface area contributed by atoms with Crippen LogP contribution in [0.2, 0.25) is 0 Å². The van der Waals surface area contributed by atoms with Gasteiger partial charge in [0.1, 0.15) is 0 Å². The number of benzene rings is 1. The fraction of sp³-hybridized carbons (Fsp3) is 0.400. The molecule has 0 fully saturated rings. The van der Waals surface area contributed by atoms with Gasteiger partial charge < -0.3 is 0 Å². The van der Waals surface area contributed by atoms with Crippen molar-refractivity contribution < 1.29 is 13.2 Å². The third-order valence-corrected chi connectivity index (χ3v) is 1.99. The SMILES string of the molecule is CC(S)Cc1ccc(C(F)(F)F)cc1. The van der Waals surface area contributed by atoms with Crippen LogP contribution in [0.4, 0.5) is 13.2 Å². The average Bonchev–Trinajstić information content (AvgIpc) is 2.02. The molecule has 0 radical (unpaired) electrons. The molecule has 0 spiro atoms. The summed E-state index contributed by atoms with van der Waals surface area (Å²) < 4.78 is 36.5. The van der Waals surface area contributed by atoms with Crippen molar-refractivity contribution in [2.24, 2.45) is 0 Å². The summed E-state index contributed by atoms with van der Waals surface area (Å²) >= 11 is 4.17. The van der Waals surface area contributed by atoms with E-state index < -0.39 is 11.7 Å². The molecular weight excluding hydrogens is 209 g/mol. The van der Waals surface area contributed by atoms with Gasteiger partial charge in [0.2, 0.25) is 0 Å². The van der Waals surface area contributed by atoms with Crippen LogP contribution in [0.3, 0.4) is 0 Å². The molecule has 1 atom stereocenters. The Balaban J connectivity index is 2.79. The molecular formula is C10H11F3S. The maximum atomic E-state index is 12.2. The maximum absolute atomic E-state index is 12.2. The molecule has 0 aliphatic rings. The van der Waals surface area contributed by atoms with E-state index >= 15 is 0 Å². The lowest BCUT2D eigenvalue weighted by molar-refractivity contribution is -0.137. The fourth-order valence-electron chi connectivity index (χ4n) is 1.17. The molecule has 0 aliphatic heterocycles. The maximum Gasteiger partial charge on any atom is 0.416 e. The molecule has 0 heterocycles. The van der Waals surface area contributed by atoms with E-state index in [1.807, 2.05) is 6.92 Å². The Morgan fingerprint density at radius 3 is 2.07 bits per heavy atom. The summed E-state index contributed by atoms with van der Waals surface area (Å²) in [4.78, 5) is 0. The molecule has 1 aromatic rings. The highest BCUT2D eigenvalue weighted by Gasteiger charge is 2.29. The smallest absolute Gasteiger partial charge is 0.176 e. The second-order valence-corrected chi connectivity index (χ2v) is 4.13. The van der Waals surface area contributed by atoms with Crippen molar-refractivity contribution in [2.45, 2.75) is 24.8 Å². The molecule has 1 unspecified atom stereocenters. The Labute approximate surface area is 86.5 Å². The zero-order chi connectivity index (χ0) is 10.8. The van der Waals surface area contributed by atoms with Crippen LogP contribution in [0, 0.1) is 0 Å². The highest BCUT2D eigenvalue weighted by molar-refractivity contribution is 7.80. The van der Waals surface area contributed by atoms with Crippen LogP contribution in [0.25, 0.3) is 0 Å². The van der Waals surface area contributed by atoms with Gasteiger partial charge in [0, 0.05) is 5.25 Å². The Bertz CT molecular complexity index is 287. The van der Waals surface area contributed by atoms with Gasteiger partial charge in [0.05, 0.1) is 5.56 Å². The van der Waals surface area contributed by atoms with Gasteiger partial charge in [-0.3, -0.25) is 0 Å². The number of hydrogen-bond donors (Lipinski definition) is 1. The molecule has 0 bridgehead atoms. The number of thiol groups is 1.